The highest BCUT2D eigenvalue weighted by Crippen LogP contribution is 2.54. The zero-order chi connectivity index (χ0) is 13.1. The molecule has 1 unspecified atom stereocenters. The summed E-state index contributed by atoms with van der Waals surface area (Å²) < 4.78 is 0. The highest BCUT2D eigenvalue weighted by molar-refractivity contribution is 5.54. The topological polar surface area (TPSA) is 20.2 Å². The van der Waals surface area contributed by atoms with Crippen molar-refractivity contribution in [3.63, 3.8) is 0 Å². The zero-order valence-electron chi connectivity index (χ0n) is 12.0. The molecule has 1 heteroatoms. The molecule has 1 N–H and O–H groups in total. The molecular formula is C17H24O. The molecule has 18 heavy (non-hydrogen) atoms. The van der Waals surface area contributed by atoms with E-state index < -0.39 is 0 Å². The van der Waals surface area contributed by atoms with Gasteiger partial charge in [0.25, 0.3) is 0 Å². The summed E-state index contributed by atoms with van der Waals surface area (Å²) in [5.74, 6) is 1.20. The fraction of sp³-hybridized carbons (Fsp3) is 0.647. The van der Waals surface area contributed by atoms with E-state index in [2.05, 4.69) is 33.8 Å². The van der Waals surface area contributed by atoms with Gasteiger partial charge < -0.3 is 5.11 Å². The van der Waals surface area contributed by atoms with Crippen molar-refractivity contribution in [1.29, 1.82) is 0 Å². The van der Waals surface area contributed by atoms with Crippen LogP contribution in [-0.4, -0.2) is 5.11 Å². The molecule has 2 aliphatic rings. The van der Waals surface area contributed by atoms with E-state index in [4.69, 9.17) is 0 Å². The van der Waals surface area contributed by atoms with Gasteiger partial charge in [0.2, 0.25) is 0 Å². The van der Waals surface area contributed by atoms with Gasteiger partial charge in [0.05, 0.1) is 0 Å². The van der Waals surface area contributed by atoms with Crippen molar-refractivity contribution in [2.24, 2.45) is 0 Å². The largest absolute Gasteiger partial charge is 0.508 e. The van der Waals surface area contributed by atoms with Crippen LogP contribution < -0.4 is 0 Å². The molecule has 3 rings (SSSR count). The molecule has 0 fully saturated rings. The van der Waals surface area contributed by atoms with Crippen LogP contribution >= 0.6 is 0 Å². The summed E-state index contributed by atoms with van der Waals surface area (Å²) >= 11 is 0. The lowest BCUT2D eigenvalue weighted by atomic mass is 9.59. The fourth-order valence-electron chi connectivity index (χ4n) is 4.10. The second-order valence-electron chi connectivity index (χ2n) is 7.46. The normalized spacial score (nSPS) is 27.7. The monoisotopic (exact) mass is 244 g/mol. The van der Waals surface area contributed by atoms with Crippen molar-refractivity contribution in [1.82, 2.24) is 0 Å². The predicted octanol–water partition coefficient (Wildman–Crippen LogP) is 4.62. The lowest BCUT2D eigenvalue weighted by molar-refractivity contribution is 0.310. The summed E-state index contributed by atoms with van der Waals surface area (Å²) in [6, 6.07) is 4.09. The van der Waals surface area contributed by atoms with Gasteiger partial charge >= 0.3 is 0 Å². The molecule has 1 aromatic carbocycles. The van der Waals surface area contributed by atoms with Crippen LogP contribution in [0, 0.1) is 0 Å². The van der Waals surface area contributed by atoms with E-state index in [1.54, 1.807) is 0 Å². The van der Waals surface area contributed by atoms with Gasteiger partial charge in [-0.15, -0.1) is 0 Å². The third kappa shape index (κ3) is 1.52. The molecule has 0 heterocycles. The van der Waals surface area contributed by atoms with Crippen molar-refractivity contribution in [3.05, 3.63) is 28.8 Å². The summed E-state index contributed by atoms with van der Waals surface area (Å²) in [7, 11) is 0. The minimum absolute atomic E-state index is 0.124. The number of phenolic OH excluding ortho intramolecular Hbond substituents is 1. The highest BCUT2D eigenvalue weighted by atomic mass is 16.3. The molecule has 1 aromatic rings. The van der Waals surface area contributed by atoms with Crippen LogP contribution in [0.2, 0.25) is 0 Å². The van der Waals surface area contributed by atoms with Crippen molar-refractivity contribution < 1.29 is 5.11 Å². The van der Waals surface area contributed by atoms with Crippen LogP contribution in [0.4, 0.5) is 0 Å². The Morgan fingerprint density at radius 3 is 2.28 bits per heavy atom. The molecule has 0 saturated carbocycles. The van der Waals surface area contributed by atoms with Gasteiger partial charge in [-0.2, -0.15) is 0 Å². The smallest absolute Gasteiger partial charge is 0.119 e. The van der Waals surface area contributed by atoms with Crippen LogP contribution in [0.15, 0.2) is 12.1 Å². The van der Waals surface area contributed by atoms with Gasteiger partial charge in [0.15, 0.2) is 0 Å². The Bertz CT molecular complexity index is 495. The minimum Gasteiger partial charge on any atom is -0.508 e. The molecule has 0 radical (unpaired) electrons. The van der Waals surface area contributed by atoms with Gasteiger partial charge in [0, 0.05) is 5.56 Å². The summed E-state index contributed by atoms with van der Waals surface area (Å²) in [6.07, 6.45) is 5.04. The van der Waals surface area contributed by atoms with Crippen LogP contribution in [0.1, 0.15) is 76.0 Å². The average Bonchev–Trinajstić information content (AvgIpc) is 2.26. The van der Waals surface area contributed by atoms with Crippen LogP contribution in [0.3, 0.4) is 0 Å². The third-order valence-electron chi connectivity index (χ3n) is 5.27. The first-order chi connectivity index (χ1) is 8.33. The van der Waals surface area contributed by atoms with E-state index in [1.807, 2.05) is 6.07 Å². The summed E-state index contributed by atoms with van der Waals surface area (Å²) in [4.78, 5) is 0. The number of benzene rings is 1. The van der Waals surface area contributed by atoms with E-state index in [1.165, 1.54) is 42.4 Å². The Morgan fingerprint density at radius 2 is 1.61 bits per heavy atom. The lowest BCUT2D eigenvalue weighted by Crippen LogP contribution is -2.34. The molecule has 98 valence electrons. The number of hydrogen-bond donors (Lipinski definition) is 1. The quantitative estimate of drug-likeness (QED) is 0.706. The summed E-state index contributed by atoms with van der Waals surface area (Å²) in [6.45, 7) is 9.25. The number of aromatic hydroxyl groups is 1. The predicted molar refractivity (Wildman–Crippen MR) is 75.4 cm³/mol. The second kappa shape index (κ2) is 3.53. The van der Waals surface area contributed by atoms with Crippen LogP contribution in [0.5, 0.6) is 5.75 Å². The standard InChI is InChI=1S/C17H24O/c1-16(2)9-7-11-8-10-17(3,4)15-13(18)6-5-12(16)14(11)15/h5-6,11,18H,7-10H2,1-4H3. The minimum atomic E-state index is 0.124. The molecule has 0 aliphatic heterocycles. The number of phenols is 1. The Kier molecular flexibility index (Phi) is 2.36. The highest BCUT2D eigenvalue weighted by Gasteiger charge is 2.42. The molecule has 0 spiro atoms. The van der Waals surface area contributed by atoms with Gasteiger partial charge in [-0.25, -0.2) is 0 Å². The van der Waals surface area contributed by atoms with Crippen LogP contribution in [-0.2, 0) is 10.8 Å². The Balaban J connectivity index is 2.32. The molecule has 2 aliphatic carbocycles. The summed E-state index contributed by atoms with van der Waals surface area (Å²) in [5.41, 5.74) is 4.60. The SMILES string of the molecule is CC1(C)CCC2CCC(C)(C)c3c(O)ccc1c32. The van der Waals surface area contributed by atoms with E-state index >= 15 is 0 Å². The number of hydrogen-bond acceptors (Lipinski definition) is 1. The van der Waals surface area contributed by atoms with E-state index in [9.17, 15) is 5.11 Å². The van der Waals surface area contributed by atoms with Crippen molar-refractivity contribution in [2.45, 2.75) is 70.1 Å². The number of rotatable bonds is 0. The molecular weight excluding hydrogens is 220 g/mol. The second-order valence-corrected chi connectivity index (χ2v) is 7.46. The first-order valence-corrected chi connectivity index (χ1v) is 7.20. The van der Waals surface area contributed by atoms with Gasteiger partial charge in [-0.05, 0) is 59.6 Å². The van der Waals surface area contributed by atoms with Crippen molar-refractivity contribution >= 4 is 0 Å². The molecule has 1 nitrogen and oxygen atoms in total. The lowest BCUT2D eigenvalue weighted by Gasteiger charge is -2.45. The Hall–Kier alpha value is -0.980. The maximum Gasteiger partial charge on any atom is 0.119 e. The average molecular weight is 244 g/mol. The fourth-order valence-corrected chi connectivity index (χ4v) is 4.10. The third-order valence-corrected chi connectivity index (χ3v) is 5.27. The van der Waals surface area contributed by atoms with Gasteiger partial charge in [-0.1, -0.05) is 33.8 Å². The van der Waals surface area contributed by atoms with E-state index in [-0.39, 0.29) is 10.8 Å². The zero-order valence-corrected chi connectivity index (χ0v) is 12.0. The first kappa shape index (κ1) is 12.1. The van der Waals surface area contributed by atoms with E-state index in [0.29, 0.717) is 11.7 Å². The summed E-state index contributed by atoms with van der Waals surface area (Å²) in [5, 5.41) is 10.3. The molecule has 1 atom stereocenters. The maximum atomic E-state index is 10.3. The van der Waals surface area contributed by atoms with E-state index in [0.717, 1.165) is 0 Å². The maximum absolute atomic E-state index is 10.3. The molecule has 0 bridgehead atoms. The molecule has 0 amide bonds. The van der Waals surface area contributed by atoms with Gasteiger partial charge in [0.1, 0.15) is 5.75 Å². The van der Waals surface area contributed by atoms with Crippen molar-refractivity contribution in [3.8, 4) is 5.75 Å². The van der Waals surface area contributed by atoms with Crippen molar-refractivity contribution in [2.75, 3.05) is 0 Å². The molecule has 0 saturated heterocycles. The van der Waals surface area contributed by atoms with Gasteiger partial charge in [-0.3, -0.25) is 0 Å². The molecule has 0 aromatic heterocycles. The first-order valence-electron chi connectivity index (χ1n) is 7.20. The Morgan fingerprint density at radius 1 is 1.00 bits per heavy atom. The Labute approximate surface area is 110 Å². The van der Waals surface area contributed by atoms with Crippen LogP contribution in [0.25, 0.3) is 0 Å².